The van der Waals surface area contributed by atoms with Gasteiger partial charge in [0.1, 0.15) is 12.1 Å². The van der Waals surface area contributed by atoms with Crippen molar-refractivity contribution < 1.29 is 8.83 Å². The number of furan rings is 2. The molecule has 3 aliphatic carbocycles. The third-order valence-corrected chi connectivity index (χ3v) is 19.8. The zero-order valence-corrected chi connectivity index (χ0v) is 49.4. The Morgan fingerprint density at radius 1 is 0.433 bits per heavy atom. The molecule has 1 N–H and O–H groups in total. The number of nitrogens with zero attached hydrogens (tertiary/aromatic N) is 4. The Labute approximate surface area is 520 Å². The number of allylic oxidation sites excluding steroid dienone is 6. The number of aryl methyl sites for hydroxylation is 2. The predicted molar refractivity (Wildman–Crippen MR) is 367 cm³/mol. The summed E-state index contributed by atoms with van der Waals surface area (Å²) >= 11 is 0. The number of fused-ring (bicyclic) bond motifs is 20. The highest BCUT2D eigenvalue weighted by Gasteiger charge is 2.54. The summed E-state index contributed by atoms with van der Waals surface area (Å²) in [6.45, 7) is 4.40. The van der Waals surface area contributed by atoms with Crippen molar-refractivity contribution >= 4 is 111 Å². The number of nitrogens with one attached hydrogen (secondary N) is 1. The van der Waals surface area contributed by atoms with Crippen LogP contribution in [0.5, 0.6) is 0 Å². The first-order chi connectivity index (χ1) is 44.5. The average Bonchev–Trinajstić information content (AvgIpc) is 1.47. The van der Waals surface area contributed by atoms with Crippen LogP contribution in [-0.2, 0) is 18.3 Å². The summed E-state index contributed by atoms with van der Waals surface area (Å²) in [6, 6.07) is 86.3. The highest BCUT2D eigenvalue weighted by molar-refractivity contribution is 6.21. The SMILES string of the molecule is CCc1ccc(N(c2cc3c(c4ccccc24)-c2c(cc(N(c4ccc(CC)cc4)c4cccc5c4oc4c(C#N)cccc45)c4ccccc24)C32c3ccccc3Nc3c(C4C5=CC=CC=CC54)cccc32)c2cccc3c2oc2c(C#N)cccc23)cc1. The molecular weight excluding hydrogens is 1100 g/mol. The molecule has 1 fully saturated rings. The van der Waals surface area contributed by atoms with E-state index < -0.39 is 5.41 Å². The van der Waals surface area contributed by atoms with Crippen molar-refractivity contribution in [3.63, 3.8) is 0 Å². The molecule has 7 nitrogen and oxygen atoms in total. The van der Waals surface area contributed by atoms with Gasteiger partial charge in [0, 0.05) is 66.9 Å². The minimum atomic E-state index is -0.952. The van der Waals surface area contributed by atoms with Crippen LogP contribution < -0.4 is 15.1 Å². The van der Waals surface area contributed by atoms with Crippen molar-refractivity contribution in [1.29, 1.82) is 10.5 Å². The molecule has 0 saturated heterocycles. The number of anilines is 8. The number of para-hydroxylation sites is 6. The second-order valence-electron chi connectivity index (χ2n) is 24.2. The van der Waals surface area contributed by atoms with Crippen LogP contribution in [0.25, 0.3) is 76.5 Å². The maximum Gasteiger partial charge on any atom is 0.159 e. The molecule has 0 bridgehead atoms. The quantitative estimate of drug-likeness (QED) is 0.154. The number of hydrogen-bond donors (Lipinski definition) is 1. The number of nitriles is 2. The van der Waals surface area contributed by atoms with Crippen LogP contribution in [0, 0.1) is 28.6 Å². The van der Waals surface area contributed by atoms with Crippen molar-refractivity contribution in [2.24, 2.45) is 5.92 Å². The van der Waals surface area contributed by atoms with E-state index in [1.165, 1.54) is 39.0 Å². The van der Waals surface area contributed by atoms with Crippen molar-refractivity contribution in [2.45, 2.75) is 38.0 Å². The van der Waals surface area contributed by atoms with Gasteiger partial charge in [0.25, 0.3) is 0 Å². The Hall–Kier alpha value is -11.6. The van der Waals surface area contributed by atoms with E-state index in [9.17, 15) is 10.5 Å². The molecule has 7 heteroatoms. The van der Waals surface area contributed by atoms with Crippen LogP contribution in [0.2, 0.25) is 0 Å². The zero-order valence-electron chi connectivity index (χ0n) is 49.4. The summed E-state index contributed by atoms with van der Waals surface area (Å²) < 4.78 is 14.1. The smallest absolute Gasteiger partial charge is 0.159 e. The van der Waals surface area contributed by atoms with E-state index in [1.807, 2.05) is 24.3 Å². The lowest BCUT2D eigenvalue weighted by atomic mass is 9.64. The molecule has 14 aromatic rings. The summed E-state index contributed by atoms with van der Waals surface area (Å²) in [5, 5.41) is 33.2. The summed E-state index contributed by atoms with van der Waals surface area (Å²) in [7, 11) is 0. The van der Waals surface area contributed by atoms with Crippen LogP contribution >= 0.6 is 0 Å². The fraction of sp³-hybridized carbons (Fsp3) is 0.0843. The van der Waals surface area contributed by atoms with E-state index in [1.54, 1.807) is 0 Å². The normalized spacial score (nSPS) is 15.4. The fourth-order valence-corrected chi connectivity index (χ4v) is 15.7. The monoisotopic (exact) mass is 1150 g/mol. The summed E-state index contributed by atoms with van der Waals surface area (Å²) in [6.07, 6.45) is 13.0. The van der Waals surface area contributed by atoms with Crippen LogP contribution in [0.1, 0.15) is 69.8 Å². The minimum absolute atomic E-state index is 0.190. The lowest BCUT2D eigenvalue weighted by molar-refractivity contribution is 0.667. The molecule has 0 radical (unpaired) electrons. The largest absolute Gasteiger partial charge is 0.452 e. The second-order valence-corrected chi connectivity index (χ2v) is 24.2. The third kappa shape index (κ3) is 7.20. The van der Waals surface area contributed by atoms with Gasteiger partial charge in [-0.1, -0.05) is 208 Å². The molecule has 90 heavy (non-hydrogen) atoms. The second kappa shape index (κ2) is 19.7. The summed E-state index contributed by atoms with van der Waals surface area (Å²) in [5.41, 5.74) is 22.6. The Balaban J connectivity index is 1.00. The molecule has 4 aliphatic rings. The van der Waals surface area contributed by atoms with E-state index in [0.717, 1.165) is 118 Å². The van der Waals surface area contributed by atoms with Gasteiger partial charge in [0.2, 0.25) is 0 Å². The zero-order chi connectivity index (χ0) is 59.9. The first kappa shape index (κ1) is 51.6. The molecule has 1 spiro atoms. The van der Waals surface area contributed by atoms with Gasteiger partial charge in [-0.25, -0.2) is 0 Å². The maximum atomic E-state index is 10.5. The first-order valence-electron chi connectivity index (χ1n) is 31.1. The van der Waals surface area contributed by atoms with E-state index in [4.69, 9.17) is 8.83 Å². The van der Waals surface area contributed by atoms with Gasteiger partial charge >= 0.3 is 0 Å². The molecular formula is C83H55N5O2. The molecule has 424 valence electrons. The van der Waals surface area contributed by atoms with Gasteiger partial charge in [-0.3, -0.25) is 0 Å². The van der Waals surface area contributed by atoms with Gasteiger partial charge in [0.15, 0.2) is 22.3 Å². The van der Waals surface area contributed by atoms with Crippen LogP contribution in [0.3, 0.4) is 0 Å². The molecule has 1 saturated carbocycles. The van der Waals surface area contributed by atoms with E-state index in [-0.39, 0.29) is 11.8 Å². The molecule has 1 aliphatic heterocycles. The molecule has 2 unspecified atom stereocenters. The molecule has 0 amide bonds. The van der Waals surface area contributed by atoms with Gasteiger partial charge in [0.05, 0.1) is 39.3 Å². The van der Waals surface area contributed by atoms with E-state index in [2.05, 4.69) is 272 Å². The van der Waals surface area contributed by atoms with Gasteiger partial charge in [-0.05, 0) is 140 Å². The predicted octanol–water partition coefficient (Wildman–Crippen LogP) is 21.8. The van der Waals surface area contributed by atoms with Crippen LogP contribution in [-0.4, -0.2) is 0 Å². The van der Waals surface area contributed by atoms with Crippen molar-refractivity contribution in [3.05, 3.63) is 310 Å². The topological polar surface area (TPSA) is 92.4 Å². The Bertz CT molecular complexity index is 5340. The standard InChI is InChI=1S/C83H55N5O2/c1-3-49-37-41-53(42-38-49)87(71-35-17-29-63-61-27-14-19-51(47-84)79(61)89-81(63)71)73-45-68-76(57-25-10-8-21-55(57)73)77-58-26-11-9-22-56(58)74(88(54-43-39-50(4-2)40-44-54)72-36-18-30-64-62-28-15-20-52(48-85)80(62)90-82(64)72)46-69(77)83(68)66-32-12-13-34-70(66)86-78-65(31-16-33-67(78)83)75-59-23-6-5-7-24-60(59)75/h5-46,59,75,86H,3-4H2,1-2H3. The lowest BCUT2D eigenvalue weighted by Gasteiger charge is -2.42. The Kier molecular flexibility index (Phi) is 11.3. The minimum Gasteiger partial charge on any atom is -0.452 e. The molecule has 2 atom stereocenters. The number of benzene rings is 12. The van der Waals surface area contributed by atoms with Crippen LogP contribution in [0.15, 0.2) is 269 Å². The lowest BCUT2D eigenvalue weighted by Crippen LogP contribution is -2.34. The average molecular weight is 1150 g/mol. The molecule has 3 heterocycles. The number of hydrogen-bond acceptors (Lipinski definition) is 7. The summed E-state index contributed by atoms with van der Waals surface area (Å²) in [4.78, 5) is 4.81. The van der Waals surface area contributed by atoms with Crippen molar-refractivity contribution in [1.82, 2.24) is 0 Å². The highest BCUT2D eigenvalue weighted by Crippen LogP contribution is 2.68. The van der Waals surface area contributed by atoms with Crippen LogP contribution in [0.4, 0.5) is 45.5 Å². The summed E-state index contributed by atoms with van der Waals surface area (Å²) in [5.74, 6) is 0.474. The molecule has 2 aromatic heterocycles. The van der Waals surface area contributed by atoms with Crippen molar-refractivity contribution in [2.75, 3.05) is 15.1 Å². The fourth-order valence-electron chi connectivity index (χ4n) is 15.7. The van der Waals surface area contributed by atoms with Gasteiger partial charge in [-0.15, -0.1) is 0 Å². The third-order valence-electron chi connectivity index (χ3n) is 19.8. The first-order valence-corrected chi connectivity index (χ1v) is 31.1. The van der Waals surface area contributed by atoms with Crippen molar-refractivity contribution in [3.8, 4) is 23.3 Å². The molecule has 12 aromatic carbocycles. The number of rotatable bonds is 9. The van der Waals surface area contributed by atoms with Gasteiger partial charge in [-0.2, -0.15) is 10.5 Å². The Morgan fingerprint density at radius 2 is 0.900 bits per heavy atom. The maximum absolute atomic E-state index is 10.5. The molecule has 18 rings (SSSR count). The Morgan fingerprint density at radius 3 is 1.43 bits per heavy atom. The van der Waals surface area contributed by atoms with E-state index in [0.29, 0.717) is 33.5 Å². The van der Waals surface area contributed by atoms with Gasteiger partial charge < -0.3 is 24.0 Å². The van der Waals surface area contributed by atoms with E-state index >= 15 is 0 Å². The highest BCUT2D eigenvalue weighted by atomic mass is 16.3.